The van der Waals surface area contributed by atoms with E-state index in [1.54, 1.807) is 0 Å². The molecule has 82 valence electrons. The van der Waals surface area contributed by atoms with Gasteiger partial charge >= 0.3 is 0 Å². The van der Waals surface area contributed by atoms with Crippen molar-refractivity contribution >= 4 is 29.3 Å². The average Bonchev–Trinajstić information content (AvgIpc) is 2.21. The molecule has 0 atom stereocenters. The molecule has 1 N–H and O–H groups in total. The van der Waals surface area contributed by atoms with Gasteiger partial charge < -0.3 is 0 Å². The number of carbonyl (C=O) groups excluding carboxylic acids is 1. The molecule has 0 aliphatic rings. The van der Waals surface area contributed by atoms with Gasteiger partial charge in [-0.3, -0.25) is 9.63 Å². The number of amides is 1. The van der Waals surface area contributed by atoms with Crippen LogP contribution in [0.5, 0.6) is 0 Å². The lowest BCUT2D eigenvalue weighted by Crippen LogP contribution is -2.23. The molecule has 0 aromatic heterocycles. The summed E-state index contributed by atoms with van der Waals surface area (Å²) in [5, 5.41) is 0.723. The predicted molar refractivity (Wildman–Crippen MR) is 62.8 cm³/mol. The van der Waals surface area contributed by atoms with E-state index in [0.717, 1.165) is 16.3 Å². The molecule has 1 rings (SSSR count). The van der Waals surface area contributed by atoms with Gasteiger partial charge in [-0.05, 0) is 17.7 Å². The van der Waals surface area contributed by atoms with Crippen molar-refractivity contribution in [1.82, 2.24) is 5.48 Å². The number of halogens is 1. The highest BCUT2D eigenvalue weighted by atomic mass is 35.5. The molecule has 0 bridgehead atoms. The second-order valence-electron chi connectivity index (χ2n) is 2.85. The first-order valence-corrected chi connectivity index (χ1v) is 5.89. The molecule has 0 fully saturated rings. The lowest BCUT2D eigenvalue weighted by molar-refractivity contribution is -0.128. The van der Waals surface area contributed by atoms with Crippen LogP contribution >= 0.6 is 23.4 Å². The number of hydrogen-bond acceptors (Lipinski definition) is 3. The molecule has 0 unspecified atom stereocenters. The van der Waals surface area contributed by atoms with Crippen LogP contribution in [0.4, 0.5) is 0 Å². The van der Waals surface area contributed by atoms with Crippen LogP contribution in [0.3, 0.4) is 0 Å². The maximum absolute atomic E-state index is 11.0. The van der Waals surface area contributed by atoms with Gasteiger partial charge in [0.25, 0.3) is 5.91 Å². The van der Waals surface area contributed by atoms with Crippen molar-refractivity contribution in [2.45, 2.75) is 5.75 Å². The van der Waals surface area contributed by atoms with E-state index < -0.39 is 0 Å². The maximum atomic E-state index is 11.0. The van der Waals surface area contributed by atoms with Gasteiger partial charge in [0.1, 0.15) is 0 Å². The van der Waals surface area contributed by atoms with Crippen LogP contribution in [-0.4, -0.2) is 18.8 Å². The number of nitrogens with one attached hydrogen (secondary N) is 1. The van der Waals surface area contributed by atoms with E-state index >= 15 is 0 Å². The third kappa shape index (κ3) is 5.06. The molecular formula is C10H12ClNO2S. The zero-order valence-corrected chi connectivity index (χ0v) is 9.90. The normalized spacial score (nSPS) is 10.0. The average molecular weight is 246 g/mol. The fraction of sp³-hybridized carbons (Fsp3) is 0.300. The summed E-state index contributed by atoms with van der Waals surface area (Å²) in [4.78, 5) is 15.5. The molecule has 0 saturated carbocycles. The van der Waals surface area contributed by atoms with Crippen LogP contribution in [0.25, 0.3) is 0 Å². The fourth-order valence-corrected chi connectivity index (χ4v) is 1.89. The Kier molecular flexibility index (Phi) is 5.53. The molecule has 0 aliphatic heterocycles. The second kappa shape index (κ2) is 6.71. The van der Waals surface area contributed by atoms with E-state index in [9.17, 15) is 4.79 Å². The molecule has 0 aliphatic carbocycles. The zero-order chi connectivity index (χ0) is 11.1. The Balaban J connectivity index is 2.26. The highest BCUT2D eigenvalue weighted by Crippen LogP contribution is 2.15. The number of hydroxylamine groups is 1. The monoisotopic (exact) mass is 245 g/mol. The molecule has 0 spiro atoms. The molecule has 1 amide bonds. The van der Waals surface area contributed by atoms with Crippen LogP contribution < -0.4 is 5.48 Å². The van der Waals surface area contributed by atoms with E-state index in [0.29, 0.717) is 5.75 Å². The van der Waals surface area contributed by atoms with Gasteiger partial charge in [0, 0.05) is 10.8 Å². The number of benzene rings is 1. The number of thioether (sulfide) groups is 1. The van der Waals surface area contributed by atoms with Crippen LogP contribution in [0.15, 0.2) is 24.3 Å². The second-order valence-corrected chi connectivity index (χ2v) is 4.27. The third-order valence-corrected chi connectivity index (χ3v) is 2.89. The molecule has 0 radical (unpaired) electrons. The van der Waals surface area contributed by atoms with Crippen molar-refractivity contribution in [1.29, 1.82) is 0 Å². The lowest BCUT2D eigenvalue weighted by Gasteiger charge is -2.02. The van der Waals surface area contributed by atoms with E-state index in [2.05, 4.69) is 10.3 Å². The van der Waals surface area contributed by atoms with Crippen molar-refractivity contribution in [2.24, 2.45) is 0 Å². The molecule has 5 heteroatoms. The van der Waals surface area contributed by atoms with Gasteiger partial charge in [0.05, 0.1) is 12.9 Å². The maximum Gasteiger partial charge on any atom is 0.253 e. The SMILES string of the molecule is CONC(=O)CSCc1ccc(Cl)cc1. The molecule has 1 aromatic rings. The minimum absolute atomic E-state index is 0.128. The molecule has 0 heterocycles. The molecule has 0 saturated heterocycles. The Bertz CT molecular complexity index is 316. The first-order valence-electron chi connectivity index (χ1n) is 4.36. The molecule has 15 heavy (non-hydrogen) atoms. The summed E-state index contributed by atoms with van der Waals surface area (Å²) in [5.74, 6) is 1.04. The summed E-state index contributed by atoms with van der Waals surface area (Å²) in [6.07, 6.45) is 0. The molecular weight excluding hydrogens is 234 g/mol. The predicted octanol–water partition coefficient (Wildman–Crippen LogP) is 2.25. The smallest absolute Gasteiger partial charge is 0.253 e. The summed E-state index contributed by atoms with van der Waals surface area (Å²) in [6, 6.07) is 7.58. The quantitative estimate of drug-likeness (QED) is 0.809. The molecule has 3 nitrogen and oxygen atoms in total. The van der Waals surface area contributed by atoms with E-state index in [-0.39, 0.29) is 5.91 Å². The summed E-state index contributed by atoms with van der Waals surface area (Å²) in [6.45, 7) is 0. The van der Waals surface area contributed by atoms with Crippen LogP contribution in [0.1, 0.15) is 5.56 Å². The first kappa shape index (κ1) is 12.4. The van der Waals surface area contributed by atoms with Crippen LogP contribution in [-0.2, 0) is 15.4 Å². The summed E-state index contributed by atoms with van der Waals surface area (Å²) >= 11 is 7.28. The highest BCUT2D eigenvalue weighted by molar-refractivity contribution is 7.99. The summed E-state index contributed by atoms with van der Waals surface area (Å²) in [7, 11) is 1.42. The Morgan fingerprint density at radius 3 is 2.73 bits per heavy atom. The van der Waals surface area contributed by atoms with Crippen molar-refractivity contribution in [3.63, 3.8) is 0 Å². The number of hydrogen-bond donors (Lipinski definition) is 1. The van der Waals surface area contributed by atoms with E-state index in [1.807, 2.05) is 24.3 Å². The van der Waals surface area contributed by atoms with Crippen molar-refractivity contribution < 1.29 is 9.63 Å². The van der Waals surface area contributed by atoms with Gasteiger partial charge in [-0.25, -0.2) is 5.48 Å². The fourth-order valence-electron chi connectivity index (χ4n) is 0.986. The molecule has 1 aromatic carbocycles. The summed E-state index contributed by atoms with van der Waals surface area (Å²) < 4.78 is 0. The van der Waals surface area contributed by atoms with Crippen LogP contribution in [0, 0.1) is 0 Å². The Morgan fingerprint density at radius 1 is 1.47 bits per heavy atom. The minimum Gasteiger partial charge on any atom is -0.277 e. The van der Waals surface area contributed by atoms with Gasteiger partial charge in [-0.2, -0.15) is 0 Å². The standard InChI is InChI=1S/C10H12ClNO2S/c1-14-12-10(13)7-15-6-8-2-4-9(11)5-3-8/h2-5H,6-7H2,1H3,(H,12,13). The van der Waals surface area contributed by atoms with Gasteiger partial charge in [-0.1, -0.05) is 23.7 Å². The van der Waals surface area contributed by atoms with Gasteiger partial charge in [-0.15, -0.1) is 11.8 Å². The van der Waals surface area contributed by atoms with Crippen molar-refractivity contribution in [2.75, 3.05) is 12.9 Å². The van der Waals surface area contributed by atoms with Crippen molar-refractivity contribution in [3.05, 3.63) is 34.9 Å². The first-order chi connectivity index (χ1) is 7.22. The van der Waals surface area contributed by atoms with Crippen molar-refractivity contribution in [3.8, 4) is 0 Å². The summed E-state index contributed by atoms with van der Waals surface area (Å²) in [5.41, 5.74) is 3.41. The van der Waals surface area contributed by atoms with Gasteiger partial charge in [0.2, 0.25) is 0 Å². The van der Waals surface area contributed by atoms with Crippen LogP contribution in [0.2, 0.25) is 5.02 Å². The minimum atomic E-state index is -0.128. The largest absolute Gasteiger partial charge is 0.277 e. The Labute approximate surface area is 98.1 Å². The number of carbonyl (C=O) groups is 1. The topological polar surface area (TPSA) is 38.3 Å². The van der Waals surface area contributed by atoms with E-state index in [1.165, 1.54) is 18.9 Å². The lowest BCUT2D eigenvalue weighted by atomic mass is 10.2. The Hall–Kier alpha value is -0.710. The van der Waals surface area contributed by atoms with E-state index in [4.69, 9.17) is 11.6 Å². The third-order valence-electron chi connectivity index (χ3n) is 1.63. The van der Waals surface area contributed by atoms with Gasteiger partial charge in [0.15, 0.2) is 0 Å². The number of rotatable bonds is 5. The Morgan fingerprint density at radius 2 is 2.13 bits per heavy atom. The highest BCUT2D eigenvalue weighted by Gasteiger charge is 2.00. The zero-order valence-electron chi connectivity index (χ0n) is 8.33.